The van der Waals surface area contributed by atoms with E-state index >= 15 is 0 Å². The first-order chi connectivity index (χ1) is 17.7. The lowest BCUT2D eigenvalue weighted by atomic mass is 9.43. The van der Waals surface area contributed by atoms with Crippen LogP contribution in [0.1, 0.15) is 71.6 Å². The molecule has 0 aromatic heterocycles. The lowest BCUT2D eigenvalue weighted by molar-refractivity contribution is -0.204. The number of ether oxygens (including phenoxy) is 1. The van der Waals surface area contributed by atoms with Crippen molar-refractivity contribution in [3.63, 3.8) is 0 Å². The number of nitrogens with one attached hydrogen (secondary N) is 2. The summed E-state index contributed by atoms with van der Waals surface area (Å²) in [6, 6.07) is 0.162. The molecule has 4 aliphatic carbocycles. The molecule has 2 heterocycles. The summed E-state index contributed by atoms with van der Waals surface area (Å²) < 4.78 is 5.26. The monoisotopic (exact) mass is 515 g/mol. The molecule has 0 radical (unpaired) electrons. The number of carbonyl (C=O) groups excluding carboxylic acids is 2. The Hall–Kier alpha value is -1.64. The molecular formula is C29H45N3O5. The third-order valence-electron chi connectivity index (χ3n) is 12.1. The van der Waals surface area contributed by atoms with Gasteiger partial charge in [-0.3, -0.25) is 0 Å². The number of amides is 2. The number of hydrogen-bond acceptors (Lipinski definition) is 6. The van der Waals surface area contributed by atoms with Crippen LogP contribution in [0.15, 0.2) is 11.6 Å². The van der Waals surface area contributed by atoms with Gasteiger partial charge >= 0.3 is 12.0 Å². The van der Waals surface area contributed by atoms with Crippen molar-refractivity contribution in [1.29, 1.82) is 0 Å². The summed E-state index contributed by atoms with van der Waals surface area (Å²) in [6.07, 6.45) is 10.8. The van der Waals surface area contributed by atoms with E-state index in [9.17, 15) is 19.8 Å². The molecule has 5 fully saturated rings. The van der Waals surface area contributed by atoms with Crippen LogP contribution in [0.3, 0.4) is 0 Å². The molecule has 6 rings (SSSR count). The van der Waals surface area contributed by atoms with Crippen LogP contribution in [0.4, 0.5) is 4.79 Å². The molecule has 37 heavy (non-hydrogen) atoms. The number of piperazine rings is 1. The van der Waals surface area contributed by atoms with Crippen LogP contribution < -0.4 is 10.6 Å². The van der Waals surface area contributed by atoms with Gasteiger partial charge in [0.2, 0.25) is 0 Å². The van der Waals surface area contributed by atoms with E-state index in [4.69, 9.17) is 4.74 Å². The highest BCUT2D eigenvalue weighted by Gasteiger charge is 2.67. The zero-order chi connectivity index (χ0) is 26.0. The molecule has 0 aromatic rings. The number of aliphatic hydroxyl groups excluding tert-OH is 1. The Bertz CT molecular complexity index is 971. The highest BCUT2D eigenvalue weighted by atomic mass is 16.5. The predicted molar refractivity (Wildman–Crippen MR) is 138 cm³/mol. The highest BCUT2D eigenvalue weighted by Crippen LogP contribution is 2.69. The zero-order valence-electron chi connectivity index (χ0n) is 22.5. The van der Waals surface area contributed by atoms with Gasteiger partial charge in [0.1, 0.15) is 6.61 Å². The van der Waals surface area contributed by atoms with Gasteiger partial charge in [-0.25, -0.2) is 9.59 Å². The maximum absolute atomic E-state index is 13.0. The van der Waals surface area contributed by atoms with E-state index in [1.54, 1.807) is 6.08 Å². The highest BCUT2D eigenvalue weighted by molar-refractivity contribution is 5.85. The molecule has 8 nitrogen and oxygen atoms in total. The molecule has 8 heteroatoms. The number of hydrogen-bond donors (Lipinski definition) is 4. The third kappa shape index (κ3) is 3.96. The van der Waals surface area contributed by atoms with E-state index in [1.807, 2.05) is 4.90 Å². The Morgan fingerprint density at radius 1 is 1.16 bits per heavy atom. The van der Waals surface area contributed by atoms with E-state index in [0.29, 0.717) is 37.5 Å². The SMILES string of the molecule is C[C@]12CC[C@H](NC(=O)N3CCN[C@@H](CO)C3)C[C@H]1CC[C@@H]1[C@@H]2CC[C@]2(C)[C@@H](C3=CC(=O)OC3)CC[C@]12O. The van der Waals surface area contributed by atoms with Gasteiger partial charge < -0.3 is 30.5 Å². The van der Waals surface area contributed by atoms with E-state index in [1.165, 1.54) is 0 Å². The Morgan fingerprint density at radius 2 is 2.00 bits per heavy atom. The molecule has 9 atom stereocenters. The van der Waals surface area contributed by atoms with Crippen molar-refractivity contribution in [3.05, 3.63) is 11.6 Å². The summed E-state index contributed by atoms with van der Waals surface area (Å²) in [5.41, 5.74) is 0.408. The molecule has 2 amide bonds. The normalized spacial score (nSPS) is 47.4. The summed E-state index contributed by atoms with van der Waals surface area (Å²) >= 11 is 0. The Labute approximate surface area is 220 Å². The van der Waals surface area contributed by atoms with Crippen molar-refractivity contribution < 1.29 is 24.5 Å². The summed E-state index contributed by atoms with van der Waals surface area (Å²) in [7, 11) is 0. The number of rotatable bonds is 3. The molecule has 2 aliphatic heterocycles. The molecule has 0 unspecified atom stereocenters. The molecule has 6 aliphatic rings. The summed E-state index contributed by atoms with van der Waals surface area (Å²) in [6.45, 7) is 7.14. The fraction of sp³-hybridized carbons (Fsp3) is 0.862. The minimum atomic E-state index is -0.683. The molecule has 4 N–H and O–H groups in total. The van der Waals surface area contributed by atoms with Gasteiger partial charge in [0.15, 0.2) is 0 Å². The van der Waals surface area contributed by atoms with Gasteiger partial charge in [0.05, 0.1) is 12.2 Å². The van der Waals surface area contributed by atoms with Crippen LogP contribution in [0.25, 0.3) is 0 Å². The van der Waals surface area contributed by atoms with Crippen LogP contribution in [0.2, 0.25) is 0 Å². The van der Waals surface area contributed by atoms with Gasteiger partial charge in [0, 0.05) is 43.2 Å². The van der Waals surface area contributed by atoms with Crippen LogP contribution in [0.5, 0.6) is 0 Å². The smallest absolute Gasteiger partial charge is 0.331 e. The van der Waals surface area contributed by atoms with Crippen molar-refractivity contribution >= 4 is 12.0 Å². The van der Waals surface area contributed by atoms with Gasteiger partial charge in [-0.05, 0) is 92.4 Å². The second-order valence-electron chi connectivity index (χ2n) is 13.5. The summed E-state index contributed by atoms with van der Waals surface area (Å²) in [5.74, 6) is 1.38. The first-order valence-corrected chi connectivity index (χ1v) is 14.7. The van der Waals surface area contributed by atoms with Gasteiger partial charge in [-0.15, -0.1) is 0 Å². The fourth-order valence-corrected chi connectivity index (χ4v) is 9.94. The third-order valence-corrected chi connectivity index (χ3v) is 12.1. The molecule has 0 aromatic carbocycles. The Kier molecular flexibility index (Phi) is 6.39. The number of cyclic esters (lactones) is 1. The van der Waals surface area contributed by atoms with E-state index in [-0.39, 0.29) is 47.4 Å². The Balaban J connectivity index is 1.13. The van der Waals surface area contributed by atoms with E-state index < -0.39 is 5.60 Å². The Morgan fingerprint density at radius 3 is 2.76 bits per heavy atom. The predicted octanol–water partition coefficient (Wildman–Crippen LogP) is 2.59. The van der Waals surface area contributed by atoms with Gasteiger partial charge in [-0.2, -0.15) is 0 Å². The summed E-state index contributed by atoms with van der Waals surface area (Å²) in [5, 5.41) is 28.4. The molecule has 0 spiro atoms. The standard InChI is InChI=1S/C29H45N3O5/c1-27-8-5-20(31-26(35)32-12-11-30-21(15-32)16-33)14-19(27)3-4-24-23(27)6-9-28(2)22(7-10-29(24,28)36)18-13-25(34)37-17-18/h13,19-24,30,33,36H,3-12,14-17H2,1-2H3,(H,31,35)/t19-,20+,21-,22-,23+,24-,27+,28-,29+/m1/s1. The van der Waals surface area contributed by atoms with Crippen LogP contribution in [-0.4, -0.2) is 77.6 Å². The van der Waals surface area contributed by atoms with Crippen molar-refractivity contribution in [1.82, 2.24) is 15.5 Å². The van der Waals surface area contributed by atoms with Crippen LogP contribution in [-0.2, 0) is 9.53 Å². The molecule has 1 saturated heterocycles. The second-order valence-corrected chi connectivity index (χ2v) is 13.5. The molecular weight excluding hydrogens is 470 g/mol. The average Bonchev–Trinajstić information content (AvgIpc) is 3.44. The quantitative estimate of drug-likeness (QED) is 0.430. The van der Waals surface area contributed by atoms with Crippen LogP contribution >= 0.6 is 0 Å². The van der Waals surface area contributed by atoms with Crippen molar-refractivity contribution in [3.8, 4) is 0 Å². The molecule has 0 bridgehead atoms. The van der Waals surface area contributed by atoms with E-state index in [2.05, 4.69) is 24.5 Å². The zero-order valence-corrected chi connectivity index (χ0v) is 22.5. The minimum absolute atomic E-state index is 0.00524. The largest absolute Gasteiger partial charge is 0.458 e. The fourth-order valence-electron chi connectivity index (χ4n) is 9.94. The number of nitrogens with zero attached hydrogens (tertiary/aromatic N) is 1. The number of urea groups is 1. The maximum atomic E-state index is 13.0. The van der Waals surface area contributed by atoms with Gasteiger partial charge in [0.25, 0.3) is 0 Å². The number of fused-ring (bicyclic) bond motifs is 5. The van der Waals surface area contributed by atoms with Crippen molar-refractivity contribution in [2.45, 2.75) is 89.3 Å². The van der Waals surface area contributed by atoms with Crippen molar-refractivity contribution in [2.75, 3.05) is 32.8 Å². The first-order valence-electron chi connectivity index (χ1n) is 14.7. The molecule has 4 saturated carbocycles. The number of carbonyl (C=O) groups is 2. The topological polar surface area (TPSA) is 111 Å². The van der Waals surface area contributed by atoms with Crippen LogP contribution in [0, 0.1) is 34.5 Å². The van der Waals surface area contributed by atoms with Gasteiger partial charge in [-0.1, -0.05) is 13.8 Å². The lowest BCUT2D eigenvalue weighted by Crippen LogP contribution is -2.63. The average molecular weight is 516 g/mol. The number of esters is 1. The first kappa shape index (κ1) is 25.6. The maximum Gasteiger partial charge on any atom is 0.331 e. The van der Waals surface area contributed by atoms with E-state index in [0.717, 1.165) is 69.9 Å². The number of aliphatic hydroxyl groups is 2. The minimum Gasteiger partial charge on any atom is -0.458 e. The molecule has 206 valence electrons. The van der Waals surface area contributed by atoms with Crippen molar-refractivity contribution in [2.24, 2.45) is 34.5 Å². The summed E-state index contributed by atoms with van der Waals surface area (Å²) in [4.78, 5) is 26.6. The lowest BCUT2D eigenvalue weighted by Gasteiger charge is -2.64. The second kappa shape index (κ2) is 9.23.